The van der Waals surface area contributed by atoms with Gasteiger partial charge in [-0.25, -0.2) is 4.98 Å². The van der Waals surface area contributed by atoms with Gasteiger partial charge >= 0.3 is 0 Å². The third-order valence-electron chi connectivity index (χ3n) is 3.14. The summed E-state index contributed by atoms with van der Waals surface area (Å²) < 4.78 is 4.29. The van der Waals surface area contributed by atoms with Crippen molar-refractivity contribution in [2.24, 2.45) is 0 Å². The molecule has 16 heavy (non-hydrogen) atoms. The van der Waals surface area contributed by atoms with Crippen LogP contribution in [0.4, 0.5) is 5.13 Å². The molecule has 1 fully saturated rings. The summed E-state index contributed by atoms with van der Waals surface area (Å²) in [7, 11) is 2.06. The van der Waals surface area contributed by atoms with Crippen molar-refractivity contribution < 1.29 is 4.79 Å². The molecule has 0 radical (unpaired) electrons. The van der Waals surface area contributed by atoms with Crippen molar-refractivity contribution in [1.29, 1.82) is 0 Å². The molecule has 1 heterocycles. The van der Waals surface area contributed by atoms with Crippen molar-refractivity contribution in [1.82, 2.24) is 9.36 Å². The summed E-state index contributed by atoms with van der Waals surface area (Å²) in [6.45, 7) is 2.06. The van der Waals surface area contributed by atoms with Crippen molar-refractivity contribution in [2.45, 2.75) is 45.1 Å². The maximum absolute atomic E-state index is 11.2. The summed E-state index contributed by atoms with van der Waals surface area (Å²) in [5.41, 5.74) is 0. The molecule has 0 bridgehead atoms. The highest BCUT2D eigenvalue weighted by Crippen LogP contribution is 2.25. The number of carbonyl (C=O) groups is 1. The lowest BCUT2D eigenvalue weighted by Crippen LogP contribution is -2.35. The Hall–Kier alpha value is -0.970. The zero-order valence-corrected chi connectivity index (χ0v) is 10.6. The predicted molar refractivity (Wildman–Crippen MR) is 65.0 cm³/mol. The summed E-state index contributed by atoms with van der Waals surface area (Å²) >= 11 is 1.46. The van der Waals surface area contributed by atoms with Crippen molar-refractivity contribution >= 4 is 22.4 Å². The topological polar surface area (TPSA) is 46.1 Å². The number of aryl methyl sites for hydroxylation is 1. The second-order valence-electron chi connectivity index (χ2n) is 4.23. The van der Waals surface area contributed by atoms with Crippen LogP contribution < -0.4 is 4.90 Å². The Balaban J connectivity index is 2.01. The number of hydrogen-bond acceptors (Lipinski definition) is 5. The molecular weight excluding hydrogens is 222 g/mol. The Labute approximate surface area is 99.9 Å². The zero-order valence-electron chi connectivity index (χ0n) is 9.77. The van der Waals surface area contributed by atoms with E-state index in [9.17, 15) is 4.79 Å². The Morgan fingerprint density at radius 3 is 2.69 bits per heavy atom. The predicted octanol–water partition coefficient (Wildman–Crippen LogP) is 2.05. The third-order valence-corrected chi connectivity index (χ3v) is 3.98. The molecule has 2 rings (SSSR count). The first-order valence-electron chi connectivity index (χ1n) is 5.77. The average molecular weight is 239 g/mol. The van der Waals surface area contributed by atoms with Crippen LogP contribution in [-0.2, 0) is 11.2 Å². The molecule has 0 aliphatic heterocycles. The van der Waals surface area contributed by atoms with Crippen LogP contribution in [0.2, 0.25) is 0 Å². The largest absolute Gasteiger partial charge is 0.347 e. The minimum Gasteiger partial charge on any atom is -0.347 e. The van der Waals surface area contributed by atoms with E-state index >= 15 is 0 Å². The summed E-state index contributed by atoms with van der Waals surface area (Å²) in [4.78, 5) is 17.8. The van der Waals surface area contributed by atoms with E-state index in [1.54, 1.807) is 0 Å². The molecule has 0 spiro atoms. The SMILES string of the molecule is CCc1nsc(N(C)C2CCC(=O)CC2)n1. The average Bonchev–Trinajstić information content (AvgIpc) is 2.77. The number of Topliss-reactive ketones (excluding diaryl/α,β-unsaturated/α-hetero) is 1. The molecule has 1 aliphatic rings. The standard InChI is InChI=1S/C11H17N3OS/c1-3-10-12-11(16-13-10)14(2)8-4-6-9(15)7-5-8/h8H,3-7H2,1-2H3. The van der Waals surface area contributed by atoms with Crippen LogP contribution in [0.15, 0.2) is 0 Å². The lowest BCUT2D eigenvalue weighted by Gasteiger charge is -2.29. The number of hydrogen-bond donors (Lipinski definition) is 0. The van der Waals surface area contributed by atoms with E-state index in [-0.39, 0.29) is 0 Å². The highest BCUT2D eigenvalue weighted by molar-refractivity contribution is 7.09. The molecule has 88 valence electrons. The number of nitrogens with zero attached hydrogens (tertiary/aromatic N) is 3. The van der Waals surface area contributed by atoms with Gasteiger partial charge in [0.15, 0.2) is 0 Å². The molecule has 1 aromatic heterocycles. The van der Waals surface area contributed by atoms with Crippen LogP contribution in [0.5, 0.6) is 0 Å². The van der Waals surface area contributed by atoms with Gasteiger partial charge in [-0.05, 0) is 12.8 Å². The molecule has 4 nitrogen and oxygen atoms in total. The number of ketones is 1. The number of carbonyl (C=O) groups excluding carboxylic acids is 1. The summed E-state index contributed by atoms with van der Waals surface area (Å²) in [5.74, 6) is 1.31. The van der Waals surface area contributed by atoms with Gasteiger partial charge in [-0.1, -0.05) is 6.92 Å². The summed E-state index contributed by atoms with van der Waals surface area (Å²) in [6, 6.07) is 0.454. The van der Waals surface area contributed by atoms with Gasteiger partial charge in [0.05, 0.1) is 0 Å². The third kappa shape index (κ3) is 2.40. The van der Waals surface area contributed by atoms with Crippen molar-refractivity contribution in [2.75, 3.05) is 11.9 Å². The van der Waals surface area contributed by atoms with Crippen LogP contribution in [-0.4, -0.2) is 28.2 Å². The van der Waals surface area contributed by atoms with Crippen molar-refractivity contribution in [3.05, 3.63) is 5.82 Å². The van der Waals surface area contributed by atoms with Gasteiger partial charge in [0.1, 0.15) is 11.6 Å². The molecular formula is C11H17N3OS. The fraction of sp³-hybridized carbons (Fsp3) is 0.727. The molecule has 1 saturated carbocycles. The first-order valence-corrected chi connectivity index (χ1v) is 6.55. The molecule has 0 N–H and O–H groups in total. The molecule has 1 aliphatic carbocycles. The van der Waals surface area contributed by atoms with E-state index in [4.69, 9.17) is 0 Å². The Bertz CT molecular complexity index is 367. The molecule has 0 saturated heterocycles. The van der Waals surface area contributed by atoms with E-state index in [0.717, 1.165) is 30.2 Å². The van der Waals surface area contributed by atoms with Gasteiger partial charge in [0.2, 0.25) is 5.13 Å². The Morgan fingerprint density at radius 2 is 2.12 bits per heavy atom. The minimum atomic E-state index is 0.399. The van der Waals surface area contributed by atoms with Gasteiger partial charge in [-0.15, -0.1) is 0 Å². The second-order valence-corrected chi connectivity index (χ2v) is 4.96. The lowest BCUT2D eigenvalue weighted by atomic mass is 9.94. The quantitative estimate of drug-likeness (QED) is 0.810. The number of anilines is 1. The second kappa shape index (κ2) is 4.91. The van der Waals surface area contributed by atoms with E-state index < -0.39 is 0 Å². The normalized spacial score (nSPS) is 17.8. The molecule has 0 amide bonds. The van der Waals surface area contributed by atoms with Crippen LogP contribution in [0, 0.1) is 0 Å². The lowest BCUT2D eigenvalue weighted by molar-refractivity contribution is -0.120. The van der Waals surface area contributed by atoms with Gasteiger partial charge in [-0.3, -0.25) is 4.79 Å². The van der Waals surface area contributed by atoms with Crippen molar-refractivity contribution in [3.8, 4) is 0 Å². The Kier molecular flexibility index (Phi) is 3.53. The first kappa shape index (κ1) is 11.5. The molecule has 0 unspecified atom stereocenters. The van der Waals surface area contributed by atoms with Crippen LogP contribution in [0.25, 0.3) is 0 Å². The molecule has 0 aromatic carbocycles. The van der Waals surface area contributed by atoms with Crippen LogP contribution in [0.1, 0.15) is 38.4 Å². The Morgan fingerprint density at radius 1 is 1.44 bits per heavy atom. The van der Waals surface area contributed by atoms with Gasteiger partial charge < -0.3 is 4.90 Å². The number of rotatable bonds is 3. The van der Waals surface area contributed by atoms with Crippen LogP contribution in [0.3, 0.4) is 0 Å². The maximum Gasteiger partial charge on any atom is 0.205 e. The zero-order chi connectivity index (χ0) is 11.5. The highest BCUT2D eigenvalue weighted by atomic mass is 32.1. The van der Waals surface area contributed by atoms with Gasteiger partial charge in [0, 0.05) is 43.9 Å². The van der Waals surface area contributed by atoms with E-state index in [0.29, 0.717) is 24.7 Å². The molecule has 1 aromatic rings. The van der Waals surface area contributed by atoms with Gasteiger partial charge in [0.25, 0.3) is 0 Å². The van der Waals surface area contributed by atoms with E-state index in [2.05, 4.69) is 28.2 Å². The molecule has 5 heteroatoms. The monoisotopic (exact) mass is 239 g/mol. The maximum atomic E-state index is 11.2. The van der Waals surface area contributed by atoms with Gasteiger partial charge in [-0.2, -0.15) is 4.37 Å². The summed E-state index contributed by atoms with van der Waals surface area (Å²) in [6.07, 6.45) is 4.23. The minimum absolute atomic E-state index is 0.399. The van der Waals surface area contributed by atoms with E-state index in [1.807, 2.05) is 0 Å². The fourth-order valence-corrected chi connectivity index (χ4v) is 2.78. The number of aromatic nitrogens is 2. The van der Waals surface area contributed by atoms with Crippen molar-refractivity contribution in [3.63, 3.8) is 0 Å². The van der Waals surface area contributed by atoms with Crippen LogP contribution >= 0.6 is 11.5 Å². The van der Waals surface area contributed by atoms with E-state index in [1.165, 1.54) is 11.5 Å². The first-order chi connectivity index (χ1) is 7.70. The highest BCUT2D eigenvalue weighted by Gasteiger charge is 2.24. The fourth-order valence-electron chi connectivity index (χ4n) is 2.00. The molecule has 0 atom stereocenters. The summed E-state index contributed by atoms with van der Waals surface area (Å²) in [5, 5.41) is 0.983. The smallest absolute Gasteiger partial charge is 0.205 e.